The van der Waals surface area contributed by atoms with Crippen molar-refractivity contribution in [3.63, 3.8) is 0 Å². The van der Waals surface area contributed by atoms with Gasteiger partial charge in [-0.25, -0.2) is 18.1 Å². The molecule has 1 N–H and O–H groups in total. The smallest absolute Gasteiger partial charge is 0.406 e. The molecule has 0 unspecified atom stereocenters. The van der Waals surface area contributed by atoms with Crippen molar-refractivity contribution < 1.29 is 31.2 Å². The van der Waals surface area contributed by atoms with E-state index in [1.165, 1.54) is 12.1 Å². The van der Waals surface area contributed by atoms with Crippen LogP contribution in [-0.2, 0) is 10.0 Å². The monoisotopic (exact) mass is 460 g/mol. The highest BCUT2D eigenvalue weighted by atomic mass is 32.2. The number of non-ortho nitro benzene ring substituents is 1. The molecule has 0 radical (unpaired) electrons. The van der Waals surface area contributed by atoms with E-state index in [2.05, 4.69) is 14.5 Å². The summed E-state index contributed by atoms with van der Waals surface area (Å²) in [5.41, 5.74) is 0.175. The molecular formula is C18H19F3N4O5S. The van der Waals surface area contributed by atoms with Gasteiger partial charge in [0.15, 0.2) is 0 Å². The van der Waals surface area contributed by atoms with Crippen LogP contribution in [0.5, 0.6) is 5.75 Å². The minimum Gasteiger partial charge on any atom is -0.406 e. The summed E-state index contributed by atoms with van der Waals surface area (Å²) in [5.74, 6) is 0.136. The zero-order chi connectivity index (χ0) is 23.2. The highest BCUT2D eigenvalue weighted by Crippen LogP contribution is 2.25. The lowest BCUT2D eigenvalue weighted by Crippen LogP contribution is -2.35. The van der Waals surface area contributed by atoms with Crippen LogP contribution in [0.3, 0.4) is 0 Å². The summed E-state index contributed by atoms with van der Waals surface area (Å²) in [7, 11) is -2.18. The molecule has 0 fully saturated rings. The summed E-state index contributed by atoms with van der Waals surface area (Å²) in [6.45, 7) is 1.93. The number of hydrogen-bond acceptors (Lipinski definition) is 6. The number of nitrogens with one attached hydrogen (secondary N) is 1. The highest BCUT2D eigenvalue weighted by molar-refractivity contribution is 7.89. The first-order valence-corrected chi connectivity index (χ1v) is 10.2. The number of halogens is 3. The first-order valence-electron chi connectivity index (χ1n) is 8.74. The van der Waals surface area contributed by atoms with Crippen molar-refractivity contribution in [2.24, 2.45) is 4.99 Å². The van der Waals surface area contributed by atoms with Crippen molar-refractivity contribution in [1.82, 2.24) is 9.62 Å². The van der Waals surface area contributed by atoms with E-state index in [9.17, 15) is 31.7 Å². The number of likely N-dealkylation sites (N-methyl/N-ethyl adjacent to an activating group) is 1. The maximum Gasteiger partial charge on any atom is 0.573 e. The molecule has 0 aromatic heterocycles. The quantitative estimate of drug-likeness (QED) is 0.279. The van der Waals surface area contributed by atoms with Gasteiger partial charge in [0.05, 0.1) is 15.5 Å². The SMILES string of the molecule is CC(=Nc1ccc(OC(F)(F)F)cc1)N(C)CCNS(=O)(=O)c1ccc([N+](=O)[O-])cc1. The summed E-state index contributed by atoms with van der Waals surface area (Å²) in [5, 5.41) is 10.6. The van der Waals surface area contributed by atoms with Crippen molar-refractivity contribution in [3.05, 3.63) is 58.6 Å². The predicted octanol–water partition coefficient (Wildman–Crippen LogP) is 3.45. The van der Waals surface area contributed by atoms with Crippen LogP contribution in [0.25, 0.3) is 0 Å². The van der Waals surface area contributed by atoms with Gasteiger partial charge in [0.25, 0.3) is 5.69 Å². The second kappa shape index (κ2) is 9.75. The molecule has 0 aliphatic heterocycles. The van der Waals surface area contributed by atoms with Crippen molar-refractivity contribution in [2.45, 2.75) is 18.2 Å². The topological polar surface area (TPSA) is 114 Å². The first kappa shape index (κ1) is 24.1. The minimum atomic E-state index is -4.78. The van der Waals surface area contributed by atoms with Gasteiger partial charge in [-0.05, 0) is 43.3 Å². The number of hydrogen-bond donors (Lipinski definition) is 1. The Morgan fingerprint density at radius 3 is 2.26 bits per heavy atom. The number of aliphatic imine (C=N–C) groups is 1. The first-order chi connectivity index (χ1) is 14.4. The summed E-state index contributed by atoms with van der Waals surface area (Å²) in [6, 6.07) is 9.47. The highest BCUT2D eigenvalue weighted by Gasteiger charge is 2.30. The van der Waals surface area contributed by atoms with Gasteiger partial charge < -0.3 is 9.64 Å². The fraction of sp³-hybridized carbons (Fsp3) is 0.278. The number of rotatable bonds is 8. The van der Waals surface area contributed by atoms with Crippen molar-refractivity contribution in [3.8, 4) is 5.75 Å². The fourth-order valence-electron chi connectivity index (χ4n) is 2.33. The van der Waals surface area contributed by atoms with Gasteiger partial charge in [0.2, 0.25) is 10.0 Å². The van der Waals surface area contributed by atoms with Crippen LogP contribution in [0.15, 0.2) is 58.4 Å². The van der Waals surface area contributed by atoms with Crippen molar-refractivity contribution >= 4 is 27.2 Å². The normalized spacial score (nSPS) is 12.5. The molecule has 2 rings (SSSR count). The number of nitrogens with zero attached hydrogens (tertiary/aromatic N) is 3. The molecule has 0 spiro atoms. The van der Waals surface area contributed by atoms with Gasteiger partial charge in [-0.15, -0.1) is 13.2 Å². The molecular weight excluding hydrogens is 441 g/mol. The summed E-state index contributed by atoms with van der Waals surface area (Å²) in [6.07, 6.45) is -4.78. The van der Waals surface area contributed by atoms with Crippen molar-refractivity contribution in [1.29, 1.82) is 0 Å². The van der Waals surface area contributed by atoms with E-state index in [-0.39, 0.29) is 29.4 Å². The van der Waals surface area contributed by atoms with Crippen LogP contribution >= 0.6 is 0 Å². The molecule has 2 aromatic carbocycles. The fourth-order valence-corrected chi connectivity index (χ4v) is 3.36. The molecule has 0 atom stereocenters. The second-order valence-corrected chi connectivity index (χ2v) is 8.04. The Bertz CT molecular complexity index is 1040. The van der Waals surface area contributed by atoms with E-state index in [0.717, 1.165) is 36.4 Å². The summed E-state index contributed by atoms with van der Waals surface area (Å²) in [4.78, 5) is 15.8. The Morgan fingerprint density at radius 1 is 1.16 bits per heavy atom. The Kier molecular flexibility index (Phi) is 7.57. The molecule has 13 heteroatoms. The molecule has 9 nitrogen and oxygen atoms in total. The molecule has 0 bridgehead atoms. The molecule has 0 amide bonds. The van der Waals surface area contributed by atoms with Gasteiger partial charge in [0.1, 0.15) is 11.6 Å². The molecule has 168 valence electrons. The second-order valence-electron chi connectivity index (χ2n) is 6.27. The van der Waals surface area contributed by atoms with E-state index in [1.807, 2.05) is 0 Å². The van der Waals surface area contributed by atoms with E-state index >= 15 is 0 Å². The van der Waals surface area contributed by atoms with Gasteiger partial charge in [-0.1, -0.05) is 0 Å². The zero-order valence-electron chi connectivity index (χ0n) is 16.5. The van der Waals surface area contributed by atoms with Crippen molar-refractivity contribution in [2.75, 3.05) is 20.1 Å². The van der Waals surface area contributed by atoms with E-state index in [0.29, 0.717) is 11.5 Å². The molecule has 0 aliphatic carbocycles. The Balaban J connectivity index is 1.92. The third-order valence-electron chi connectivity index (χ3n) is 4.01. The molecule has 0 saturated heterocycles. The third kappa shape index (κ3) is 7.53. The standard InChI is InChI=1S/C18H19F3N4O5S/c1-13(23-14-3-7-16(8-4-14)30-18(19,20)21)24(2)12-11-22-31(28,29)17-9-5-15(6-10-17)25(26)27/h3-10,22H,11-12H2,1-2H3. The largest absolute Gasteiger partial charge is 0.573 e. The lowest BCUT2D eigenvalue weighted by molar-refractivity contribution is -0.384. The number of amidine groups is 1. The van der Waals surface area contributed by atoms with E-state index in [4.69, 9.17) is 0 Å². The van der Waals surface area contributed by atoms with Crippen LogP contribution < -0.4 is 9.46 Å². The van der Waals surface area contributed by atoms with Crippen LogP contribution in [0.1, 0.15) is 6.92 Å². The van der Waals surface area contributed by atoms with Gasteiger partial charge >= 0.3 is 6.36 Å². The Morgan fingerprint density at radius 2 is 1.74 bits per heavy atom. The predicted molar refractivity (Wildman–Crippen MR) is 107 cm³/mol. The van der Waals surface area contributed by atoms with Gasteiger partial charge in [-0.3, -0.25) is 10.1 Å². The van der Waals surface area contributed by atoms with Crippen LogP contribution in [0, 0.1) is 10.1 Å². The van der Waals surface area contributed by atoms with Gasteiger partial charge in [0, 0.05) is 32.3 Å². The minimum absolute atomic E-state index is 0.0288. The summed E-state index contributed by atoms with van der Waals surface area (Å²) < 4.78 is 67.3. The average Bonchev–Trinajstić information content (AvgIpc) is 2.68. The number of ether oxygens (including phenoxy) is 1. The van der Waals surface area contributed by atoms with E-state index in [1.54, 1.807) is 18.9 Å². The van der Waals surface area contributed by atoms with Gasteiger partial charge in [-0.2, -0.15) is 0 Å². The number of alkyl halides is 3. The number of sulfonamides is 1. The Labute approximate surface area is 176 Å². The zero-order valence-corrected chi connectivity index (χ0v) is 17.3. The van der Waals surface area contributed by atoms with Crippen LogP contribution in [0.2, 0.25) is 0 Å². The molecule has 0 saturated carbocycles. The van der Waals surface area contributed by atoms with Crippen LogP contribution in [-0.4, -0.2) is 50.6 Å². The van der Waals surface area contributed by atoms with Crippen LogP contribution in [0.4, 0.5) is 24.5 Å². The summed E-state index contributed by atoms with van der Waals surface area (Å²) >= 11 is 0. The molecule has 31 heavy (non-hydrogen) atoms. The van der Waals surface area contributed by atoms with E-state index < -0.39 is 21.3 Å². The maximum atomic E-state index is 12.3. The lowest BCUT2D eigenvalue weighted by Gasteiger charge is -2.19. The molecule has 2 aromatic rings. The number of nitro groups is 1. The lowest BCUT2D eigenvalue weighted by atomic mass is 10.3. The Hall–Kier alpha value is -3.19. The number of benzene rings is 2. The molecule has 0 heterocycles. The molecule has 0 aliphatic rings. The number of nitro benzene ring substituents is 1. The average molecular weight is 460 g/mol. The maximum absolute atomic E-state index is 12.3. The third-order valence-corrected chi connectivity index (χ3v) is 5.49.